The molecule has 7 nitrogen and oxygen atoms in total. The van der Waals surface area contributed by atoms with E-state index in [1.807, 2.05) is 0 Å². The molecule has 2 rings (SSSR count). The van der Waals surface area contributed by atoms with E-state index in [1.165, 1.54) is 6.07 Å². The van der Waals surface area contributed by atoms with E-state index in [-0.39, 0.29) is 69.9 Å². The zero-order valence-electron chi connectivity index (χ0n) is 9.18. The summed E-state index contributed by atoms with van der Waals surface area (Å²) in [4.78, 5) is -1.03. The maximum atomic E-state index is 11.0. The van der Waals surface area contributed by atoms with E-state index in [0.29, 0.717) is 0 Å². The van der Waals surface area contributed by atoms with Crippen LogP contribution in [0.25, 0.3) is 10.8 Å². The van der Waals surface area contributed by atoms with Gasteiger partial charge in [0.05, 0.1) is 9.79 Å². The molecule has 0 aliphatic rings. The van der Waals surface area contributed by atoms with Crippen LogP contribution in [-0.2, 0) is 20.2 Å². The summed E-state index contributed by atoms with van der Waals surface area (Å²) in [6, 6.07) is 5.08. The Morgan fingerprint density at radius 2 is 1.24 bits per heavy atom. The Morgan fingerprint density at radius 3 is 1.71 bits per heavy atom. The van der Waals surface area contributed by atoms with E-state index in [4.69, 9.17) is 9.11 Å². The predicted octanol–water partition coefficient (Wildman–Crippen LogP) is -0.258. The molecule has 0 aliphatic carbocycles. The van der Waals surface area contributed by atoms with E-state index in [9.17, 15) is 21.9 Å². The van der Waals surface area contributed by atoms with Crippen molar-refractivity contribution < 1.29 is 31.0 Å². The number of fused-ring (bicyclic) bond motifs is 1. The Morgan fingerprint density at radius 1 is 0.762 bits per heavy atom. The Hall–Kier alpha value is 0.320. The number of phenols is 1. The third-order valence-electron chi connectivity index (χ3n) is 2.47. The van der Waals surface area contributed by atoms with Crippen LogP contribution >= 0.6 is 0 Å². The Kier molecular flexibility index (Phi) is 7.37. The molecule has 106 valence electrons. The average molecular weight is 352 g/mol. The molecule has 3 N–H and O–H groups in total. The topological polar surface area (TPSA) is 129 Å². The van der Waals surface area contributed by atoms with Crippen molar-refractivity contribution in [1.82, 2.24) is 0 Å². The summed E-state index contributed by atoms with van der Waals surface area (Å²) in [5.74, 6) is -0.438. The monoisotopic (exact) mass is 352 g/mol. The van der Waals surface area contributed by atoms with Gasteiger partial charge in [-0.05, 0) is 29.7 Å². The summed E-state index contributed by atoms with van der Waals surface area (Å²) in [6.45, 7) is 0. The van der Waals surface area contributed by atoms with Crippen LogP contribution in [0.2, 0.25) is 0 Å². The fraction of sp³-hybridized carbons (Fsp3) is 0. The van der Waals surface area contributed by atoms with Crippen molar-refractivity contribution in [3.8, 4) is 5.75 Å². The quantitative estimate of drug-likeness (QED) is 0.502. The van der Waals surface area contributed by atoms with Gasteiger partial charge in [-0.15, -0.1) is 0 Å². The second-order valence-electron chi connectivity index (χ2n) is 3.78. The summed E-state index contributed by atoms with van der Waals surface area (Å²) in [7, 11) is -8.99. The average Bonchev–Trinajstić information content (AvgIpc) is 2.25. The van der Waals surface area contributed by atoms with Gasteiger partial charge in [0, 0.05) is 11.5 Å². The maximum absolute atomic E-state index is 11.0. The van der Waals surface area contributed by atoms with Crippen LogP contribution in [0.3, 0.4) is 0 Å². The molecule has 21 heavy (non-hydrogen) atoms. The van der Waals surface area contributed by atoms with E-state index in [0.717, 1.165) is 24.3 Å². The molecule has 2 aromatic rings. The van der Waals surface area contributed by atoms with Crippen molar-refractivity contribution in [3.05, 3.63) is 30.3 Å². The summed E-state index contributed by atoms with van der Waals surface area (Å²) in [5.41, 5.74) is 0. The number of benzene rings is 2. The fourth-order valence-corrected chi connectivity index (χ4v) is 2.66. The van der Waals surface area contributed by atoms with E-state index in [2.05, 4.69) is 0 Å². The normalized spacial score (nSPS) is 11.5. The first-order valence-corrected chi connectivity index (χ1v) is 7.69. The molecule has 2 aromatic carbocycles. The number of rotatable bonds is 2. The van der Waals surface area contributed by atoms with Crippen molar-refractivity contribution in [2.24, 2.45) is 0 Å². The van der Waals surface area contributed by atoms with Gasteiger partial charge < -0.3 is 5.11 Å². The number of aromatic hydroxyl groups is 1. The van der Waals surface area contributed by atoms with Crippen molar-refractivity contribution in [3.63, 3.8) is 0 Å². The molecule has 0 aliphatic heterocycles. The van der Waals surface area contributed by atoms with Gasteiger partial charge >= 0.3 is 59.1 Å². The van der Waals surface area contributed by atoms with Crippen molar-refractivity contribution in [2.45, 2.75) is 9.79 Å². The molecule has 0 aromatic heterocycles. The first-order valence-electron chi connectivity index (χ1n) is 4.81. The van der Waals surface area contributed by atoms with Crippen LogP contribution in [0.5, 0.6) is 5.75 Å². The standard InChI is InChI=1S/C10H8O7S2.2Na.2H/c11-10-5-8(19(15,16)17)4-6-3-7(18(12,13)14)1-2-9(6)10;;;;/h1-5,11H,(H,12,13,14)(H,15,16,17);;;;. The molecule has 0 radical (unpaired) electrons. The first-order chi connectivity index (χ1) is 8.59. The first kappa shape index (κ1) is 21.3. The SMILES string of the molecule is O=S(=O)(O)c1ccc2c(O)cc(S(=O)(=O)O)cc2c1.[NaH].[NaH]. The molecule has 0 saturated heterocycles. The molecule has 11 heteroatoms. The fourth-order valence-electron chi connectivity index (χ4n) is 1.61. The van der Waals surface area contributed by atoms with Gasteiger partial charge in [0.2, 0.25) is 0 Å². The van der Waals surface area contributed by atoms with Gasteiger partial charge in [0.1, 0.15) is 5.75 Å². The third kappa shape index (κ3) is 4.90. The molecule has 0 atom stereocenters. The molecule has 0 bridgehead atoms. The molecular weight excluding hydrogens is 342 g/mol. The summed E-state index contributed by atoms with van der Waals surface area (Å²) < 4.78 is 61.7. The zero-order chi connectivity index (χ0) is 14.4. The summed E-state index contributed by atoms with van der Waals surface area (Å²) in [6.07, 6.45) is 0. The van der Waals surface area contributed by atoms with Gasteiger partial charge in [-0.25, -0.2) is 0 Å². The van der Waals surface area contributed by atoms with Crippen molar-refractivity contribution in [2.75, 3.05) is 0 Å². The zero-order valence-corrected chi connectivity index (χ0v) is 10.8. The van der Waals surface area contributed by atoms with Crippen LogP contribution in [0, 0.1) is 0 Å². The summed E-state index contributed by atoms with van der Waals surface area (Å²) >= 11 is 0. The van der Waals surface area contributed by atoms with Gasteiger partial charge in [-0.2, -0.15) is 16.8 Å². The van der Waals surface area contributed by atoms with Crippen LogP contribution in [0.15, 0.2) is 40.1 Å². The minimum absolute atomic E-state index is 0. The molecule has 0 unspecified atom stereocenters. The van der Waals surface area contributed by atoms with E-state index >= 15 is 0 Å². The molecule has 0 fully saturated rings. The van der Waals surface area contributed by atoms with Gasteiger partial charge in [-0.3, -0.25) is 9.11 Å². The molecular formula is C10H10Na2O7S2. The van der Waals surface area contributed by atoms with Crippen LogP contribution in [0.4, 0.5) is 0 Å². The van der Waals surface area contributed by atoms with E-state index in [1.54, 1.807) is 0 Å². The Balaban J connectivity index is 0.00000200. The molecule has 0 spiro atoms. The number of hydrogen-bond acceptors (Lipinski definition) is 5. The van der Waals surface area contributed by atoms with Crippen molar-refractivity contribution in [1.29, 1.82) is 0 Å². The predicted molar refractivity (Wildman–Crippen MR) is 79.5 cm³/mol. The second kappa shape index (κ2) is 7.26. The van der Waals surface area contributed by atoms with Crippen molar-refractivity contribution >= 4 is 90.1 Å². The molecule has 0 heterocycles. The third-order valence-corrected chi connectivity index (χ3v) is 4.15. The van der Waals surface area contributed by atoms with Crippen LogP contribution in [-0.4, -0.2) is 90.2 Å². The van der Waals surface area contributed by atoms with Gasteiger partial charge in [0.25, 0.3) is 20.2 Å². The van der Waals surface area contributed by atoms with Crippen LogP contribution in [0.1, 0.15) is 0 Å². The Labute approximate surface area is 165 Å². The minimum atomic E-state index is -4.54. The Bertz CT molecular complexity index is 870. The molecule has 0 amide bonds. The van der Waals surface area contributed by atoms with E-state index < -0.39 is 35.8 Å². The number of hydrogen-bond donors (Lipinski definition) is 3. The molecule has 0 saturated carbocycles. The van der Waals surface area contributed by atoms with Gasteiger partial charge in [0.15, 0.2) is 0 Å². The number of phenolic OH excluding ortho intramolecular Hbond substituents is 1. The van der Waals surface area contributed by atoms with Gasteiger partial charge in [-0.1, -0.05) is 0 Å². The second-order valence-corrected chi connectivity index (χ2v) is 6.62. The summed E-state index contributed by atoms with van der Waals surface area (Å²) in [5, 5.41) is 9.85. The van der Waals surface area contributed by atoms with Crippen LogP contribution < -0.4 is 0 Å².